The second-order valence-electron chi connectivity index (χ2n) is 8.21. The van der Waals surface area contributed by atoms with Crippen LogP contribution < -0.4 is 20.7 Å². The lowest BCUT2D eigenvalue weighted by molar-refractivity contribution is 0.188. The molecule has 2 unspecified atom stereocenters. The zero-order valence-electron chi connectivity index (χ0n) is 18.3. The van der Waals surface area contributed by atoms with Crippen LogP contribution in [0.1, 0.15) is 31.7 Å². The number of hydrogen-bond donors (Lipinski definition) is 4. The minimum absolute atomic E-state index is 0.0179. The number of ether oxygens (including phenoxy) is 1. The van der Waals surface area contributed by atoms with E-state index in [0.29, 0.717) is 46.0 Å². The first-order valence-corrected chi connectivity index (χ1v) is 10.8. The maximum Gasteiger partial charge on any atom is 0.326 e. The van der Waals surface area contributed by atoms with Crippen LogP contribution in [-0.2, 0) is 0 Å². The van der Waals surface area contributed by atoms with Crippen molar-refractivity contribution in [3.8, 4) is 11.8 Å². The summed E-state index contributed by atoms with van der Waals surface area (Å²) in [4.78, 5) is 22.8. The Morgan fingerprint density at radius 2 is 2.09 bits per heavy atom. The SMILES string of the molecule is CNc1cc(F)cc2c1[nH]c1nc(Oc3cnc(C(C)O)nc3)nc(N3CCCC(N)C3)c12. The van der Waals surface area contributed by atoms with Gasteiger partial charge in [-0.2, -0.15) is 9.97 Å². The Bertz CT molecular complexity index is 1310. The summed E-state index contributed by atoms with van der Waals surface area (Å²) in [6.45, 7) is 2.98. The van der Waals surface area contributed by atoms with Crippen molar-refractivity contribution >= 4 is 33.4 Å². The molecule has 0 spiro atoms. The molecule has 33 heavy (non-hydrogen) atoms. The Hall–Kier alpha value is -3.57. The predicted octanol–water partition coefficient (Wildman–Crippen LogP) is 2.85. The van der Waals surface area contributed by atoms with Gasteiger partial charge in [-0.25, -0.2) is 14.4 Å². The van der Waals surface area contributed by atoms with Crippen molar-refractivity contribution in [2.75, 3.05) is 30.4 Å². The number of benzene rings is 1. The highest BCUT2D eigenvalue weighted by Gasteiger charge is 2.25. The Balaban J connectivity index is 1.65. The molecule has 172 valence electrons. The molecule has 0 radical (unpaired) electrons. The molecule has 5 N–H and O–H groups in total. The molecular weight excluding hydrogens is 427 g/mol. The molecule has 1 saturated heterocycles. The van der Waals surface area contributed by atoms with Crippen molar-refractivity contribution in [2.24, 2.45) is 5.73 Å². The Morgan fingerprint density at radius 1 is 1.30 bits per heavy atom. The molecule has 11 heteroatoms. The Kier molecular flexibility index (Phi) is 5.43. The Labute approximate surface area is 189 Å². The third kappa shape index (κ3) is 4.00. The number of aromatic nitrogens is 5. The molecule has 0 saturated carbocycles. The summed E-state index contributed by atoms with van der Waals surface area (Å²) >= 11 is 0. The summed E-state index contributed by atoms with van der Waals surface area (Å²) in [5, 5.41) is 14.0. The molecule has 1 aliphatic heterocycles. The normalized spacial score (nSPS) is 17.5. The molecule has 1 aliphatic rings. The summed E-state index contributed by atoms with van der Waals surface area (Å²) in [6.07, 6.45) is 4.00. The predicted molar refractivity (Wildman–Crippen MR) is 123 cm³/mol. The second-order valence-corrected chi connectivity index (χ2v) is 8.21. The van der Waals surface area contributed by atoms with Crippen LogP contribution in [0.5, 0.6) is 11.8 Å². The first kappa shape index (κ1) is 21.3. The van der Waals surface area contributed by atoms with Gasteiger partial charge >= 0.3 is 6.01 Å². The molecular formula is C22H25FN8O2. The number of nitrogens with zero attached hydrogens (tertiary/aromatic N) is 5. The van der Waals surface area contributed by atoms with Gasteiger partial charge < -0.3 is 30.8 Å². The van der Waals surface area contributed by atoms with Crippen LogP contribution in [-0.4, -0.2) is 56.2 Å². The number of halogens is 1. The highest BCUT2D eigenvalue weighted by molar-refractivity contribution is 6.14. The first-order chi connectivity index (χ1) is 15.9. The minimum atomic E-state index is -0.783. The fraction of sp³-hybridized carbons (Fsp3) is 0.364. The number of nitrogens with one attached hydrogen (secondary N) is 2. The van der Waals surface area contributed by atoms with Crippen LogP contribution in [0.25, 0.3) is 21.9 Å². The second kappa shape index (κ2) is 8.41. The van der Waals surface area contributed by atoms with Gasteiger partial charge in [0.1, 0.15) is 23.4 Å². The van der Waals surface area contributed by atoms with E-state index in [9.17, 15) is 9.50 Å². The van der Waals surface area contributed by atoms with E-state index in [1.165, 1.54) is 24.5 Å². The minimum Gasteiger partial charge on any atom is -0.421 e. The van der Waals surface area contributed by atoms with Crippen LogP contribution in [0.3, 0.4) is 0 Å². The van der Waals surface area contributed by atoms with Gasteiger partial charge in [0.05, 0.1) is 29.0 Å². The van der Waals surface area contributed by atoms with Gasteiger partial charge in [-0.3, -0.25) is 0 Å². The number of piperidine rings is 1. The number of anilines is 2. The summed E-state index contributed by atoms with van der Waals surface area (Å²) in [5.74, 6) is 0.896. The summed E-state index contributed by atoms with van der Waals surface area (Å²) < 4.78 is 20.3. The lowest BCUT2D eigenvalue weighted by Gasteiger charge is -2.32. The number of aliphatic hydroxyl groups is 1. The molecule has 5 rings (SSSR count). The highest BCUT2D eigenvalue weighted by Crippen LogP contribution is 2.37. The average Bonchev–Trinajstić information content (AvgIpc) is 3.16. The van der Waals surface area contributed by atoms with E-state index < -0.39 is 6.10 Å². The van der Waals surface area contributed by atoms with Crippen LogP contribution >= 0.6 is 0 Å². The number of fused-ring (bicyclic) bond motifs is 3. The van der Waals surface area contributed by atoms with Crippen LogP contribution in [0.15, 0.2) is 24.5 Å². The largest absolute Gasteiger partial charge is 0.421 e. The van der Waals surface area contributed by atoms with E-state index in [4.69, 9.17) is 10.5 Å². The number of nitrogens with two attached hydrogens (primary N) is 1. The van der Waals surface area contributed by atoms with Crippen LogP contribution in [0, 0.1) is 5.82 Å². The van der Waals surface area contributed by atoms with E-state index in [1.807, 2.05) is 0 Å². The number of H-pyrrole nitrogens is 1. The molecule has 3 aromatic heterocycles. The molecule has 1 fully saturated rings. The van der Waals surface area contributed by atoms with Crippen molar-refractivity contribution in [1.82, 2.24) is 24.9 Å². The summed E-state index contributed by atoms with van der Waals surface area (Å²) in [7, 11) is 1.74. The van der Waals surface area contributed by atoms with Gasteiger partial charge in [-0.05, 0) is 31.9 Å². The van der Waals surface area contributed by atoms with E-state index in [-0.39, 0.29) is 17.9 Å². The number of rotatable bonds is 5. The van der Waals surface area contributed by atoms with Crippen molar-refractivity contribution in [1.29, 1.82) is 0 Å². The molecule has 0 amide bonds. The van der Waals surface area contributed by atoms with Crippen molar-refractivity contribution in [3.63, 3.8) is 0 Å². The van der Waals surface area contributed by atoms with Gasteiger partial charge in [0.2, 0.25) is 0 Å². The number of hydrogen-bond acceptors (Lipinski definition) is 9. The quantitative estimate of drug-likeness (QED) is 0.360. The van der Waals surface area contributed by atoms with Crippen molar-refractivity contribution in [2.45, 2.75) is 31.9 Å². The zero-order chi connectivity index (χ0) is 23.1. The summed E-state index contributed by atoms with van der Waals surface area (Å²) in [5.41, 5.74) is 8.10. The van der Waals surface area contributed by atoms with Gasteiger partial charge in [-0.15, -0.1) is 0 Å². The van der Waals surface area contributed by atoms with E-state index >= 15 is 0 Å². The summed E-state index contributed by atoms with van der Waals surface area (Å²) in [6, 6.07) is 3.03. The number of aliphatic hydroxyl groups excluding tert-OH is 1. The van der Waals surface area contributed by atoms with E-state index in [0.717, 1.165) is 24.9 Å². The maximum atomic E-state index is 14.4. The van der Waals surface area contributed by atoms with Crippen molar-refractivity contribution in [3.05, 3.63) is 36.2 Å². The molecule has 4 heterocycles. The van der Waals surface area contributed by atoms with E-state index in [2.05, 4.69) is 35.1 Å². The van der Waals surface area contributed by atoms with Crippen molar-refractivity contribution < 1.29 is 14.2 Å². The monoisotopic (exact) mass is 452 g/mol. The topological polar surface area (TPSA) is 138 Å². The third-order valence-corrected chi connectivity index (χ3v) is 5.74. The average molecular weight is 452 g/mol. The number of aromatic amines is 1. The standard InChI is InChI=1S/C22H25FN8O2/c1-11(32)19-26-8-14(9-27-19)33-22-29-20-17(21(30-22)31-5-3-4-13(24)10-31)15-6-12(23)7-16(25-2)18(15)28-20/h6-9,11,13,25,32H,3-5,10,24H2,1-2H3,(H,28,29,30). The highest BCUT2D eigenvalue weighted by atomic mass is 19.1. The van der Waals surface area contributed by atoms with Gasteiger partial charge in [-0.1, -0.05) is 0 Å². The van der Waals surface area contributed by atoms with Gasteiger partial charge in [0.15, 0.2) is 11.6 Å². The molecule has 2 atom stereocenters. The van der Waals surface area contributed by atoms with Crippen LogP contribution in [0.2, 0.25) is 0 Å². The third-order valence-electron chi connectivity index (χ3n) is 5.74. The zero-order valence-corrected chi connectivity index (χ0v) is 18.3. The van der Waals surface area contributed by atoms with Crippen LogP contribution in [0.4, 0.5) is 15.9 Å². The lowest BCUT2D eigenvalue weighted by Crippen LogP contribution is -2.43. The Morgan fingerprint density at radius 3 is 2.79 bits per heavy atom. The first-order valence-electron chi connectivity index (χ1n) is 10.8. The lowest BCUT2D eigenvalue weighted by atomic mass is 10.1. The molecule has 4 aromatic rings. The van der Waals surface area contributed by atoms with Gasteiger partial charge in [0, 0.05) is 31.6 Å². The van der Waals surface area contributed by atoms with E-state index in [1.54, 1.807) is 14.0 Å². The molecule has 10 nitrogen and oxygen atoms in total. The molecule has 0 bridgehead atoms. The fourth-order valence-corrected chi connectivity index (χ4v) is 4.20. The fourth-order valence-electron chi connectivity index (χ4n) is 4.20. The molecule has 0 aliphatic carbocycles. The smallest absolute Gasteiger partial charge is 0.326 e. The molecule has 1 aromatic carbocycles. The van der Waals surface area contributed by atoms with Gasteiger partial charge in [0.25, 0.3) is 0 Å². The maximum absolute atomic E-state index is 14.4.